The smallest absolute Gasteiger partial charge is 0.223 e. The molecule has 0 aromatic carbocycles. The Balaban J connectivity index is 3.03. The lowest BCUT2D eigenvalue weighted by Crippen LogP contribution is -2.58. The van der Waals surface area contributed by atoms with Crippen molar-refractivity contribution >= 4 is 35.5 Å². The van der Waals surface area contributed by atoms with Gasteiger partial charge in [-0.05, 0) is 6.42 Å². The van der Waals surface area contributed by atoms with Gasteiger partial charge in [0.25, 0.3) is 0 Å². The van der Waals surface area contributed by atoms with Crippen LogP contribution in [0.25, 0.3) is 0 Å². The van der Waals surface area contributed by atoms with E-state index in [1.807, 2.05) is 13.8 Å². The maximum absolute atomic E-state index is 12.4. The van der Waals surface area contributed by atoms with Gasteiger partial charge in [0.2, 0.25) is 6.54 Å². The lowest BCUT2D eigenvalue weighted by Gasteiger charge is -2.27. The fourth-order valence-corrected chi connectivity index (χ4v) is 2.36. The van der Waals surface area contributed by atoms with Gasteiger partial charge in [-0.2, -0.15) is 4.79 Å². The number of rotatable bonds is 4. The summed E-state index contributed by atoms with van der Waals surface area (Å²) >= 11 is 11.3. The van der Waals surface area contributed by atoms with Gasteiger partial charge in [0.15, 0.2) is 0 Å². The van der Waals surface area contributed by atoms with Gasteiger partial charge in [0, 0.05) is 9.96 Å². The molecule has 1 heterocycles. The normalized spacial score (nSPS) is 35.7. The average Bonchev–Trinajstić information content (AvgIpc) is 2.41. The minimum absolute atomic E-state index is 0.00122. The second-order valence-electron chi connectivity index (χ2n) is 5.08. The molecule has 0 N–H and O–H groups in total. The molecule has 0 saturated carbocycles. The fraction of sp³-hybridized carbons (Fsp3) is 0.800. The monoisotopic (exact) mass is 283 g/mol. The van der Waals surface area contributed by atoms with Crippen molar-refractivity contribution in [3.63, 3.8) is 0 Å². The molecule has 17 heavy (non-hydrogen) atoms. The number of carbonyl (C=O) groups is 2. The zero-order valence-electron chi connectivity index (χ0n) is 10.6. The molecule has 0 aromatic heterocycles. The van der Waals surface area contributed by atoms with Crippen molar-refractivity contribution in [2.75, 3.05) is 27.2 Å². The quantitative estimate of drug-likeness (QED) is 0.451. The van der Waals surface area contributed by atoms with Crippen molar-refractivity contribution in [1.29, 1.82) is 0 Å². The minimum atomic E-state index is -0.394. The van der Waals surface area contributed by atoms with Gasteiger partial charge in [0.1, 0.15) is 13.6 Å². The zero-order valence-corrected chi connectivity index (χ0v) is 12.1. The Morgan fingerprint density at radius 3 is 2.24 bits per heavy atom. The maximum atomic E-state index is 12.4. The van der Waals surface area contributed by atoms with Gasteiger partial charge < -0.3 is 0 Å². The van der Waals surface area contributed by atoms with Crippen LogP contribution >= 0.6 is 23.6 Å². The molecule has 0 aliphatic carbocycles. The fourth-order valence-electron chi connectivity index (χ4n) is 2.12. The minimum Gasteiger partial charge on any atom is -0.223 e. The molecule has 98 valence electrons. The van der Waals surface area contributed by atoms with E-state index in [1.54, 1.807) is 14.1 Å². The third kappa shape index (κ3) is 2.35. The number of halogens is 2. The van der Waals surface area contributed by atoms with Crippen molar-refractivity contribution < 1.29 is 18.7 Å². The standard InChI is InChI=1S/C10H19Cl2N3O2/c1-5-8(2)6-14(3)9(16)7-15(4,10(14)17)13(11)12/h8H,5-7H2,1-4H3/q+2. The molecule has 5 nitrogen and oxygen atoms in total. The van der Waals surface area contributed by atoms with E-state index in [-0.39, 0.29) is 23.0 Å². The van der Waals surface area contributed by atoms with Gasteiger partial charge in [-0.3, -0.25) is 0 Å². The van der Waals surface area contributed by atoms with Crippen LogP contribution in [0.3, 0.4) is 0 Å². The number of quaternary nitrogens is 2. The van der Waals surface area contributed by atoms with Crippen molar-refractivity contribution in [3.8, 4) is 0 Å². The number of carbonyl (C=O) groups excluding carboxylic acids is 2. The van der Waals surface area contributed by atoms with E-state index in [4.69, 9.17) is 23.6 Å². The summed E-state index contributed by atoms with van der Waals surface area (Å²) in [6.07, 6.45) is 0.920. The van der Waals surface area contributed by atoms with Gasteiger partial charge in [-0.15, -0.1) is 4.48 Å². The molecule has 0 radical (unpaired) electrons. The van der Waals surface area contributed by atoms with Crippen molar-refractivity contribution in [1.82, 2.24) is 4.05 Å². The van der Waals surface area contributed by atoms with E-state index in [0.717, 1.165) is 10.5 Å². The summed E-state index contributed by atoms with van der Waals surface area (Å²) in [5.74, 6) is 0.141. The van der Waals surface area contributed by atoms with Crippen molar-refractivity contribution in [3.05, 3.63) is 0 Å². The van der Waals surface area contributed by atoms with E-state index >= 15 is 0 Å². The highest BCUT2D eigenvalue weighted by atomic mass is 35.5. The number of hydrogen-bond donors (Lipinski definition) is 0. The lowest BCUT2D eigenvalue weighted by molar-refractivity contribution is -0.939. The van der Waals surface area contributed by atoms with Crippen molar-refractivity contribution in [2.24, 2.45) is 5.92 Å². The molecule has 1 saturated heterocycles. The van der Waals surface area contributed by atoms with Crippen LogP contribution in [0.4, 0.5) is 4.79 Å². The second-order valence-corrected chi connectivity index (χ2v) is 5.89. The molecule has 3 unspecified atom stereocenters. The number of hydrogen-bond acceptors (Lipinski definition) is 3. The number of amides is 3. The SMILES string of the molecule is CCC(C)C[N+]1(C)C(=O)C[N+](C)(N(Cl)Cl)C1=O. The van der Waals surface area contributed by atoms with Crippen LogP contribution in [0.15, 0.2) is 0 Å². The summed E-state index contributed by atoms with van der Waals surface area (Å²) in [6, 6.07) is -0.291. The highest BCUT2D eigenvalue weighted by molar-refractivity contribution is 6.33. The van der Waals surface area contributed by atoms with Gasteiger partial charge in [-0.25, -0.2) is 4.79 Å². The van der Waals surface area contributed by atoms with E-state index in [1.165, 1.54) is 0 Å². The summed E-state index contributed by atoms with van der Waals surface area (Å²) in [5.41, 5.74) is 0. The zero-order chi connectivity index (χ0) is 13.4. The van der Waals surface area contributed by atoms with E-state index in [9.17, 15) is 9.59 Å². The first-order chi connectivity index (χ1) is 7.68. The Morgan fingerprint density at radius 1 is 1.35 bits per heavy atom. The highest BCUT2D eigenvalue weighted by Crippen LogP contribution is 2.30. The topological polar surface area (TPSA) is 37.4 Å². The summed E-state index contributed by atoms with van der Waals surface area (Å²) in [4.78, 5) is 24.4. The van der Waals surface area contributed by atoms with Gasteiger partial charge >= 0.3 is 11.9 Å². The summed E-state index contributed by atoms with van der Waals surface area (Å²) in [6.45, 7) is 4.54. The molecule has 3 amide bonds. The summed E-state index contributed by atoms with van der Waals surface area (Å²) in [5, 5.41) is 0. The molecule has 1 fully saturated rings. The predicted molar refractivity (Wildman–Crippen MR) is 65.5 cm³/mol. The summed E-state index contributed by atoms with van der Waals surface area (Å²) < 4.78 is 0.122. The van der Waals surface area contributed by atoms with Crippen LogP contribution in [-0.4, -0.2) is 52.2 Å². The second kappa shape index (κ2) is 4.82. The van der Waals surface area contributed by atoms with Crippen LogP contribution in [-0.2, 0) is 4.79 Å². The Labute approximate surface area is 112 Å². The number of imide groups is 1. The largest absolute Gasteiger partial charge is 0.544 e. The molecule has 0 bridgehead atoms. The first-order valence-electron chi connectivity index (χ1n) is 5.60. The molecule has 1 rings (SSSR count). The first-order valence-corrected chi connectivity index (χ1v) is 6.27. The Hall–Kier alpha value is -0.200. The van der Waals surface area contributed by atoms with Gasteiger partial charge in [0.05, 0.1) is 30.6 Å². The predicted octanol–water partition coefficient (Wildman–Crippen LogP) is 2.11. The van der Waals surface area contributed by atoms with Crippen LogP contribution in [0.2, 0.25) is 0 Å². The number of nitrogens with zero attached hydrogens (tertiary/aromatic N) is 3. The van der Waals surface area contributed by atoms with Gasteiger partial charge in [-0.1, -0.05) is 18.4 Å². The molecular weight excluding hydrogens is 265 g/mol. The van der Waals surface area contributed by atoms with E-state index in [2.05, 4.69) is 0 Å². The highest BCUT2D eigenvalue weighted by Gasteiger charge is 2.65. The van der Waals surface area contributed by atoms with Crippen LogP contribution in [0.1, 0.15) is 20.3 Å². The molecule has 1 aliphatic heterocycles. The third-order valence-corrected chi connectivity index (χ3v) is 4.20. The lowest BCUT2D eigenvalue weighted by atomic mass is 10.1. The Morgan fingerprint density at radius 2 is 1.88 bits per heavy atom. The third-order valence-electron chi connectivity index (χ3n) is 3.54. The van der Waals surface area contributed by atoms with E-state index < -0.39 is 4.59 Å². The molecule has 1 aliphatic rings. The Kier molecular flexibility index (Phi) is 4.21. The average molecular weight is 284 g/mol. The number of urea groups is 1. The van der Waals surface area contributed by atoms with Crippen LogP contribution in [0.5, 0.6) is 0 Å². The Bertz CT molecular complexity index is 350. The maximum Gasteiger partial charge on any atom is 0.544 e. The van der Waals surface area contributed by atoms with Crippen LogP contribution < -0.4 is 0 Å². The molecule has 0 spiro atoms. The van der Waals surface area contributed by atoms with Crippen molar-refractivity contribution in [2.45, 2.75) is 20.3 Å². The van der Waals surface area contributed by atoms with Crippen LogP contribution in [0, 0.1) is 5.92 Å². The molecule has 3 atom stereocenters. The number of likely N-dealkylation sites (N-methyl/N-ethyl adjacent to an activating group) is 2. The summed E-state index contributed by atoms with van der Waals surface area (Å²) in [7, 11) is 3.18. The molecular formula is C10H19Cl2N3O2+2. The van der Waals surface area contributed by atoms with E-state index in [0.29, 0.717) is 12.5 Å². The first kappa shape index (κ1) is 14.9. The molecule has 0 aromatic rings. The molecule has 7 heteroatoms.